The van der Waals surface area contributed by atoms with Crippen molar-refractivity contribution < 1.29 is 14.3 Å². The zero-order valence-electron chi connectivity index (χ0n) is 22.4. The molecule has 0 bridgehead atoms. The number of hydrogen-bond acceptors (Lipinski definition) is 8. The van der Waals surface area contributed by atoms with E-state index in [1.165, 1.54) is 0 Å². The van der Waals surface area contributed by atoms with Crippen LogP contribution in [0.25, 0.3) is 10.9 Å². The number of pyridine rings is 1. The van der Waals surface area contributed by atoms with E-state index in [-0.39, 0.29) is 11.4 Å². The summed E-state index contributed by atoms with van der Waals surface area (Å²) in [6, 6.07) is 19.0. The third-order valence-electron chi connectivity index (χ3n) is 7.34. The summed E-state index contributed by atoms with van der Waals surface area (Å²) in [5, 5.41) is 3.69. The van der Waals surface area contributed by atoms with Gasteiger partial charge in [0, 0.05) is 61.1 Å². The zero-order chi connectivity index (χ0) is 27.4. The number of benzene rings is 2. The average Bonchev–Trinajstić information content (AvgIpc) is 2.97. The van der Waals surface area contributed by atoms with Crippen LogP contribution in [0.2, 0.25) is 0 Å². The van der Waals surface area contributed by atoms with Gasteiger partial charge in [-0.1, -0.05) is 24.3 Å². The smallest absolute Gasteiger partial charge is 0.321 e. The Balaban J connectivity index is 1.39. The van der Waals surface area contributed by atoms with E-state index in [0.717, 1.165) is 24.2 Å². The molecule has 4 aromatic rings. The van der Waals surface area contributed by atoms with Crippen molar-refractivity contribution in [1.29, 1.82) is 0 Å². The Morgan fingerprint density at radius 3 is 2.38 bits per heavy atom. The molecular weight excluding hydrogens is 494 g/mol. The third-order valence-corrected chi connectivity index (χ3v) is 7.34. The molecule has 2 aromatic heterocycles. The lowest BCUT2D eigenvalue weighted by atomic mass is 9.75. The predicted molar refractivity (Wildman–Crippen MR) is 153 cm³/mol. The Morgan fingerprint density at radius 2 is 1.72 bits per heavy atom. The standard InChI is InChI=1S/C29H33N7O3/c1-35(27-33-22-18-24(39-3)23(38-2)17-21(22)26(30)34-27)19-29(25-11-7-8-14-31-25)12-15-36(16-13-29)28(37)32-20-9-5-4-6-10-20/h4-11,14,17-18H,12-13,15-16,19H2,1-3H3,(H,32,37)(H2,30,33,34). The second kappa shape index (κ2) is 11.0. The van der Waals surface area contributed by atoms with Gasteiger partial charge >= 0.3 is 6.03 Å². The molecule has 10 heteroatoms. The van der Waals surface area contributed by atoms with Crippen LogP contribution in [0.15, 0.2) is 66.9 Å². The maximum Gasteiger partial charge on any atom is 0.321 e. The number of likely N-dealkylation sites (N-methyl/N-ethyl adjacent to an activating group) is 1. The third kappa shape index (κ3) is 5.36. The Kier molecular flexibility index (Phi) is 7.36. The maximum atomic E-state index is 13.0. The van der Waals surface area contributed by atoms with E-state index in [0.29, 0.717) is 53.8 Å². The van der Waals surface area contributed by atoms with Crippen LogP contribution >= 0.6 is 0 Å². The number of carbonyl (C=O) groups excluding carboxylic acids is 1. The fraction of sp³-hybridized carbons (Fsp3) is 0.310. The highest BCUT2D eigenvalue weighted by molar-refractivity contribution is 5.92. The molecule has 0 radical (unpaired) electrons. The Morgan fingerprint density at radius 1 is 1.03 bits per heavy atom. The molecule has 0 aliphatic carbocycles. The summed E-state index contributed by atoms with van der Waals surface area (Å²) in [5.41, 5.74) is 8.50. The van der Waals surface area contributed by atoms with Crippen molar-refractivity contribution in [1.82, 2.24) is 19.9 Å². The number of hydrogen-bond donors (Lipinski definition) is 2. The number of nitrogens with one attached hydrogen (secondary N) is 1. The van der Waals surface area contributed by atoms with E-state index >= 15 is 0 Å². The van der Waals surface area contributed by atoms with E-state index in [1.54, 1.807) is 20.3 Å². The molecule has 1 fully saturated rings. The molecule has 39 heavy (non-hydrogen) atoms. The molecule has 0 spiro atoms. The number of urea groups is 1. The number of rotatable bonds is 7. The van der Waals surface area contributed by atoms with Gasteiger partial charge in [-0.25, -0.2) is 9.78 Å². The number of fused-ring (bicyclic) bond motifs is 1. The lowest BCUT2D eigenvalue weighted by Crippen LogP contribution is -2.51. The zero-order valence-corrected chi connectivity index (χ0v) is 22.4. The van der Waals surface area contributed by atoms with E-state index < -0.39 is 0 Å². The van der Waals surface area contributed by atoms with Gasteiger partial charge in [0.15, 0.2) is 11.5 Å². The predicted octanol–water partition coefficient (Wildman–Crippen LogP) is 4.33. The monoisotopic (exact) mass is 527 g/mol. The quantitative estimate of drug-likeness (QED) is 0.365. The molecule has 202 valence electrons. The number of ether oxygens (including phenoxy) is 2. The largest absolute Gasteiger partial charge is 0.493 e. The lowest BCUT2D eigenvalue weighted by molar-refractivity contribution is 0.167. The average molecular weight is 528 g/mol. The van der Waals surface area contributed by atoms with Gasteiger partial charge in [-0.3, -0.25) is 4.98 Å². The Labute approximate surface area is 227 Å². The minimum absolute atomic E-state index is 0.0980. The first-order valence-corrected chi connectivity index (χ1v) is 12.9. The summed E-state index contributed by atoms with van der Waals surface area (Å²) in [6.07, 6.45) is 3.30. The number of amides is 2. The number of likely N-dealkylation sites (tertiary alicyclic amines) is 1. The van der Waals surface area contributed by atoms with Gasteiger partial charge in [0.2, 0.25) is 5.95 Å². The summed E-state index contributed by atoms with van der Waals surface area (Å²) in [6.45, 7) is 1.80. The van der Waals surface area contributed by atoms with E-state index in [4.69, 9.17) is 25.2 Å². The van der Waals surface area contributed by atoms with Crippen LogP contribution in [0.3, 0.4) is 0 Å². The van der Waals surface area contributed by atoms with Crippen molar-refractivity contribution in [2.75, 3.05) is 56.9 Å². The SMILES string of the molecule is COc1cc2nc(N(C)CC3(c4ccccn4)CCN(C(=O)Nc4ccccc4)CC3)nc(N)c2cc1OC. The number of aromatic nitrogens is 3. The fourth-order valence-corrected chi connectivity index (χ4v) is 5.20. The molecular formula is C29H33N7O3. The molecule has 3 N–H and O–H groups in total. The molecule has 0 atom stereocenters. The molecule has 10 nitrogen and oxygen atoms in total. The molecule has 2 aromatic carbocycles. The highest BCUT2D eigenvalue weighted by Gasteiger charge is 2.40. The first-order chi connectivity index (χ1) is 18.9. The van der Waals surface area contributed by atoms with E-state index in [1.807, 2.05) is 71.6 Å². The minimum atomic E-state index is -0.301. The Hall–Kier alpha value is -4.60. The van der Waals surface area contributed by atoms with Crippen LogP contribution in [-0.2, 0) is 5.41 Å². The van der Waals surface area contributed by atoms with Crippen molar-refractivity contribution in [2.45, 2.75) is 18.3 Å². The normalized spacial score (nSPS) is 14.6. The number of piperidine rings is 1. The highest BCUT2D eigenvalue weighted by Crippen LogP contribution is 2.37. The van der Waals surface area contributed by atoms with E-state index in [9.17, 15) is 4.79 Å². The van der Waals surface area contributed by atoms with Crippen LogP contribution in [0.1, 0.15) is 18.5 Å². The number of nitrogen functional groups attached to an aromatic ring is 1. The number of methoxy groups -OCH3 is 2. The van der Waals surface area contributed by atoms with Crippen molar-refractivity contribution in [2.24, 2.45) is 0 Å². The van der Waals surface area contributed by atoms with Crippen molar-refractivity contribution in [3.63, 3.8) is 0 Å². The Bertz CT molecular complexity index is 1440. The number of nitrogens with zero attached hydrogens (tertiary/aromatic N) is 5. The molecule has 3 heterocycles. The van der Waals surface area contributed by atoms with Crippen LogP contribution in [0.4, 0.5) is 22.2 Å². The highest BCUT2D eigenvalue weighted by atomic mass is 16.5. The topological polar surface area (TPSA) is 119 Å². The van der Waals surface area contributed by atoms with Gasteiger partial charge in [0.1, 0.15) is 5.82 Å². The minimum Gasteiger partial charge on any atom is -0.493 e. The maximum absolute atomic E-state index is 13.0. The van der Waals surface area contributed by atoms with E-state index in [2.05, 4.69) is 16.4 Å². The van der Waals surface area contributed by atoms with Gasteiger partial charge < -0.3 is 30.3 Å². The molecule has 1 aliphatic heterocycles. The van der Waals surface area contributed by atoms with Crippen molar-refractivity contribution in [3.05, 3.63) is 72.6 Å². The summed E-state index contributed by atoms with van der Waals surface area (Å²) in [5.74, 6) is 2.01. The van der Waals surface area contributed by atoms with Crippen LogP contribution in [-0.4, -0.2) is 66.8 Å². The second-order valence-electron chi connectivity index (χ2n) is 9.77. The molecule has 1 saturated heterocycles. The summed E-state index contributed by atoms with van der Waals surface area (Å²) < 4.78 is 10.9. The first-order valence-electron chi connectivity index (χ1n) is 12.9. The van der Waals surface area contributed by atoms with Crippen molar-refractivity contribution in [3.8, 4) is 11.5 Å². The molecule has 0 unspecified atom stereocenters. The van der Waals surface area contributed by atoms with Crippen LogP contribution in [0.5, 0.6) is 11.5 Å². The molecule has 0 saturated carbocycles. The molecule has 2 amide bonds. The van der Waals surface area contributed by atoms with Gasteiger partial charge in [0.05, 0.1) is 19.7 Å². The van der Waals surface area contributed by atoms with Gasteiger partial charge in [0.25, 0.3) is 0 Å². The molecule has 5 rings (SSSR count). The number of nitrogens with two attached hydrogens (primary N) is 1. The van der Waals surface area contributed by atoms with Crippen LogP contribution < -0.4 is 25.4 Å². The number of anilines is 3. The lowest BCUT2D eigenvalue weighted by Gasteiger charge is -2.43. The van der Waals surface area contributed by atoms with Crippen molar-refractivity contribution >= 4 is 34.4 Å². The molecule has 1 aliphatic rings. The van der Waals surface area contributed by atoms with Gasteiger partial charge in [-0.15, -0.1) is 0 Å². The summed E-state index contributed by atoms with van der Waals surface area (Å²) >= 11 is 0. The first kappa shape index (κ1) is 26.0. The number of carbonyl (C=O) groups is 1. The fourth-order valence-electron chi connectivity index (χ4n) is 5.20. The van der Waals surface area contributed by atoms with Gasteiger partial charge in [-0.05, 0) is 43.2 Å². The summed E-state index contributed by atoms with van der Waals surface area (Å²) in [7, 11) is 5.13. The summed E-state index contributed by atoms with van der Waals surface area (Å²) in [4.78, 5) is 31.0. The number of para-hydroxylation sites is 1. The second-order valence-corrected chi connectivity index (χ2v) is 9.77. The van der Waals surface area contributed by atoms with Gasteiger partial charge in [-0.2, -0.15) is 4.98 Å². The van der Waals surface area contributed by atoms with Crippen LogP contribution in [0, 0.1) is 0 Å².